The summed E-state index contributed by atoms with van der Waals surface area (Å²) < 4.78 is 0. The van der Waals surface area contributed by atoms with Gasteiger partial charge in [0.2, 0.25) is 0 Å². The van der Waals surface area contributed by atoms with Gasteiger partial charge in [-0.25, -0.2) is 0 Å². The topological polar surface area (TPSA) is 0 Å². The fraction of sp³-hybridized carbons (Fsp3) is 0.611. The van der Waals surface area contributed by atoms with Crippen LogP contribution >= 0.6 is 0 Å². The predicted molar refractivity (Wildman–Crippen MR) is 79.7 cm³/mol. The standard InChI is InChI=1S/C18H27.2U/c1-13(2)18-9-7-16(8-10-18)12-17-6-5-14(3)15(4)11-17;;/h5-6,11,13,18H,7-10,12H2,1-4H3;;/q-1;;. The molecular formula is C18H27U2-. The molecule has 0 spiro atoms. The molecule has 2 heteroatoms. The van der Waals surface area contributed by atoms with Crippen molar-refractivity contribution in [1.82, 2.24) is 0 Å². The molecule has 0 heterocycles. The Morgan fingerprint density at radius 3 is 2.15 bits per heavy atom. The Hall–Kier alpha value is 1.32. The van der Waals surface area contributed by atoms with Crippen LogP contribution in [-0.4, -0.2) is 0 Å². The number of aryl methyl sites for hydroxylation is 2. The second-order valence-corrected chi connectivity index (χ2v) is 6.43. The van der Waals surface area contributed by atoms with Gasteiger partial charge in [0.05, 0.1) is 0 Å². The summed E-state index contributed by atoms with van der Waals surface area (Å²) in [6.45, 7) is 9.16. The number of rotatable bonds is 3. The molecule has 108 valence electrons. The van der Waals surface area contributed by atoms with Crippen LogP contribution < -0.4 is 0 Å². The first-order valence-electron chi connectivity index (χ1n) is 7.46. The SMILES string of the molecule is Cc1ccc(C[C-]2CCC(C(C)C)CC2)cc1C.[U].[U]. The molecule has 0 amide bonds. The Morgan fingerprint density at radius 1 is 1.05 bits per heavy atom. The second kappa shape index (κ2) is 10.2. The van der Waals surface area contributed by atoms with Crippen molar-refractivity contribution in [3.63, 3.8) is 0 Å². The maximum absolute atomic E-state index is 2.37. The van der Waals surface area contributed by atoms with Crippen LogP contribution in [0.15, 0.2) is 18.2 Å². The minimum absolute atomic E-state index is 0. The first-order valence-corrected chi connectivity index (χ1v) is 7.46. The van der Waals surface area contributed by atoms with Gasteiger partial charge in [0, 0.05) is 62.2 Å². The minimum atomic E-state index is 0. The second-order valence-electron chi connectivity index (χ2n) is 6.43. The summed E-state index contributed by atoms with van der Waals surface area (Å²) >= 11 is 0. The van der Waals surface area contributed by atoms with E-state index in [0.717, 1.165) is 11.8 Å². The molecule has 0 nitrogen and oxygen atoms in total. The van der Waals surface area contributed by atoms with E-state index in [1.54, 1.807) is 5.92 Å². The minimum Gasteiger partial charge on any atom is -0.309 e. The third-order valence-electron chi connectivity index (χ3n) is 4.71. The maximum Gasteiger partial charge on any atom is 0 e. The molecule has 0 aromatic heterocycles. The summed E-state index contributed by atoms with van der Waals surface area (Å²) in [5, 5.41) is 0. The molecule has 1 aliphatic carbocycles. The average molecular weight is 719 g/mol. The molecule has 1 aromatic carbocycles. The summed E-state index contributed by atoms with van der Waals surface area (Å²) in [6, 6.07) is 6.95. The Bertz CT molecular complexity index is 390. The van der Waals surface area contributed by atoms with Gasteiger partial charge < -0.3 is 5.92 Å². The van der Waals surface area contributed by atoms with Crippen molar-refractivity contribution in [3.05, 3.63) is 40.8 Å². The molecule has 1 aliphatic rings. The fourth-order valence-corrected chi connectivity index (χ4v) is 3.09. The van der Waals surface area contributed by atoms with Crippen LogP contribution in [0.3, 0.4) is 0 Å². The predicted octanol–water partition coefficient (Wildman–Crippen LogP) is 5.27. The van der Waals surface area contributed by atoms with Crippen molar-refractivity contribution in [2.45, 2.75) is 59.8 Å². The van der Waals surface area contributed by atoms with E-state index in [2.05, 4.69) is 45.9 Å². The van der Waals surface area contributed by atoms with Crippen molar-refractivity contribution in [3.8, 4) is 0 Å². The van der Waals surface area contributed by atoms with E-state index in [-0.39, 0.29) is 62.2 Å². The van der Waals surface area contributed by atoms with Gasteiger partial charge in [-0.2, -0.15) is 19.3 Å². The first kappa shape index (κ1) is 21.3. The summed E-state index contributed by atoms with van der Waals surface area (Å²) in [7, 11) is 0. The molecule has 0 atom stereocenters. The van der Waals surface area contributed by atoms with E-state index in [1.165, 1.54) is 48.8 Å². The Balaban J connectivity index is 0.00000180. The third kappa shape index (κ3) is 6.21. The van der Waals surface area contributed by atoms with Crippen molar-refractivity contribution in [2.75, 3.05) is 0 Å². The van der Waals surface area contributed by atoms with E-state index in [9.17, 15) is 0 Å². The zero-order chi connectivity index (χ0) is 13.1. The molecule has 0 radical (unpaired) electrons. The van der Waals surface area contributed by atoms with Gasteiger partial charge in [0.15, 0.2) is 0 Å². The van der Waals surface area contributed by atoms with Crippen LogP contribution in [0.5, 0.6) is 0 Å². The Morgan fingerprint density at radius 2 is 1.65 bits per heavy atom. The molecule has 20 heavy (non-hydrogen) atoms. The zero-order valence-electron chi connectivity index (χ0n) is 13.4. The van der Waals surface area contributed by atoms with Gasteiger partial charge in [0.25, 0.3) is 0 Å². The Kier molecular flexibility index (Phi) is 10.8. The molecule has 1 aromatic rings. The van der Waals surface area contributed by atoms with Crippen molar-refractivity contribution in [2.24, 2.45) is 11.8 Å². The van der Waals surface area contributed by atoms with E-state index in [0.29, 0.717) is 0 Å². The molecule has 1 fully saturated rings. The summed E-state index contributed by atoms with van der Waals surface area (Å²) in [4.78, 5) is 0. The normalized spacial score (nSPS) is 16.6. The van der Waals surface area contributed by atoms with Crippen LogP contribution in [0, 0.1) is 93.8 Å². The van der Waals surface area contributed by atoms with Crippen molar-refractivity contribution < 1.29 is 62.2 Å². The van der Waals surface area contributed by atoms with Crippen molar-refractivity contribution >= 4 is 0 Å². The van der Waals surface area contributed by atoms with Gasteiger partial charge in [-0.05, 0) is 36.8 Å². The van der Waals surface area contributed by atoms with Gasteiger partial charge in [-0.3, -0.25) is 0 Å². The van der Waals surface area contributed by atoms with Crippen LogP contribution in [0.1, 0.15) is 56.2 Å². The molecule has 1 saturated carbocycles. The summed E-state index contributed by atoms with van der Waals surface area (Å²) in [5.74, 6) is 3.61. The monoisotopic (exact) mass is 719 g/mol. The number of benzene rings is 1. The molecule has 2 rings (SSSR count). The third-order valence-corrected chi connectivity index (χ3v) is 4.71. The molecule has 0 unspecified atom stereocenters. The van der Waals surface area contributed by atoms with Crippen molar-refractivity contribution in [1.29, 1.82) is 0 Å². The van der Waals surface area contributed by atoms with E-state index < -0.39 is 0 Å². The zero-order valence-corrected chi connectivity index (χ0v) is 21.7. The van der Waals surface area contributed by atoms with Gasteiger partial charge in [-0.1, -0.05) is 50.5 Å². The van der Waals surface area contributed by atoms with Crippen LogP contribution in [0.2, 0.25) is 0 Å². The van der Waals surface area contributed by atoms with E-state index >= 15 is 0 Å². The molecule has 0 bridgehead atoms. The van der Waals surface area contributed by atoms with Gasteiger partial charge in [0.1, 0.15) is 0 Å². The van der Waals surface area contributed by atoms with Gasteiger partial charge >= 0.3 is 0 Å². The fourth-order valence-electron chi connectivity index (χ4n) is 3.09. The van der Waals surface area contributed by atoms with E-state index in [4.69, 9.17) is 0 Å². The largest absolute Gasteiger partial charge is 0.309 e. The van der Waals surface area contributed by atoms with E-state index in [1.807, 2.05) is 0 Å². The quantitative estimate of drug-likeness (QED) is 0.374. The summed E-state index contributed by atoms with van der Waals surface area (Å²) in [5.41, 5.74) is 4.35. The smallest absolute Gasteiger partial charge is 0 e. The van der Waals surface area contributed by atoms with Crippen LogP contribution in [-0.2, 0) is 6.42 Å². The van der Waals surface area contributed by atoms with Crippen LogP contribution in [0.4, 0.5) is 0 Å². The number of hydrogen-bond donors (Lipinski definition) is 0. The first-order chi connectivity index (χ1) is 8.56. The van der Waals surface area contributed by atoms with Crippen LogP contribution in [0.25, 0.3) is 0 Å². The molecule has 0 saturated heterocycles. The van der Waals surface area contributed by atoms with Gasteiger partial charge in [-0.15, -0.1) is 0 Å². The number of hydrogen-bond acceptors (Lipinski definition) is 0. The Labute approximate surface area is 173 Å². The average Bonchev–Trinajstić information content (AvgIpc) is 2.34. The summed E-state index contributed by atoms with van der Waals surface area (Å²) in [6.07, 6.45) is 6.76. The molecular weight excluding hydrogens is 692 g/mol. The molecule has 0 N–H and O–H groups in total. The molecule has 0 aliphatic heterocycles. The maximum atomic E-state index is 2.37.